The maximum absolute atomic E-state index is 5.39. The summed E-state index contributed by atoms with van der Waals surface area (Å²) >= 11 is 0. The third-order valence-corrected chi connectivity index (χ3v) is 2.15. The highest BCUT2D eigenvalue weighted by Crippen LogP contribution is 2.13. The van der Waals surface area contributed by atoms with Crippen molar-refractivity contribution in [2.24, 2.45) is 0 Å². The van der Waals surface area contributed by atoms with Gasteiger partial charge in [0.1, 0.15) is 5.76 Å². The Morgan fingerprint density at radius 2 is 2.27 bits per heavy atom. The quantitative estimate of drug-likeness (QED) is 0.829. The first kappa shape index (κ1) is 9.76. The van der Waals surface area contributed by atoms with E-state index in [2.05, 4.69) is 15.2 Å². The first-order valence-electron chi connectivity index (χ1n) is 4.79. The molecule has 15 heavy (non-hydrogen) atoms. The number of nitrogens with one attached hydrogen (secondary N) is 1. The van der Waals surface area contributed by atoms with E-state index in [0.29, 0.717) is 12.4 Å². The van der Waals surface area contributed by atoms with Crippen LogP contribution >= 0.6 is 0 Å². The van der Waals surface area contributed by atoms with Crippen molar-refractivity contribution in [3.05, 3.63) is 29.6 Å². The number of oxazole rings is 1. The third kappa shape index (κ3) is 2.18. The second-order valence-electron chi connectivity index (χ2n) is 3.61. The Hall–Kier alpha value is -1.78. The topological polar surface area (TPSA) is 58.0 Å². The van der Waals surface area contributed by atoms with Crippen molar-refractivity contribution in [1.29, 1.82) is 0 Å². The Morgan fingerprint density at radius 3 is 2.80 bits per heavy atom. The summed E-state index contributed by atoms with van der Waals surface area (Å²) in [5.74, 6) is 2.44. The maximum Gasteiger partial charge on any atom is 0.191 e. The molecule has 0 aromatic carbocycles. The summed E-state index contributed by atoms with van der Waals surface area (Å²) in [6.07, 6.45) is 1.74. The van der Waals surface area contributed by atoms with Gasteiger partial charge in [-0.05, 0) is 6.92 Å². The van der Waals surface area contributed by atoms with Crippen molar-refractivity contribution in [1.82, 2.24) is 15.2 Å². The van der Waals surface area contributed by atoms with E-state index in [0.717, 1.165) is 17.3 Å². The fraction of sp³-hybridized carbons (Fsp3) is 0.400. The Labute approximate surface area is 88.1 Å². The number of rotatable bonds is 3. The molecule has 0 radical (unpaired) electrons. The van der Waals surface area contributed by atoms with Crippen LogP contribution in [0.1, 0.15) is 17.3 Å². The van der Waals surface area contributed by atoms with Crippen LogP contribution in [0.15, 0.2) is 16.7 Å². The zero-order valence-electron chi connectivity index (χ0n) is 9.11. The fourth-order valence-electron chi connectivity index (χ4n) is 1.39. The summed E-state index contributed by atoms with van der Waals surface area (Å²) in [6, 6.07) is 1.99. The number of H-pyrrole nitrogens is 1. The average Bonchev–Trinajstić information content (AvgIpc) is 2.75. The molecule has 0 unspecified atom stereocenters. The van der Waals surface area contributed by atoms with E-state index < -0.39 is 0 Å². The SMILES string of the molecule is Cc1cc(N(C)Cc2cnc(C)o2)n[nH]1. The van der Waals surface area contributed by atoms with Gasteiger partial charge >= 0.3 is 0 Å². The van der Waals surface area contributed by atoms with E-state index in [-0.39, 0.29) is 0 Å². The summed E-state index contributed by atoms with van der Waals surface area (Å²) in [6.45, 7) is 4.48. The highest BCUT2D eigenvalue weighted by molar-refractivity contribution is 5.37. The minimum atomic E-state index is 0.672. The molecule has 0 saturated heterocycles. The van der Waals surface area contributed by atoms with Crippen LogP contribution in [0, 0.1) is 13.8 Å². The van der Waals surface area contributed by atoms with E-state index in [1.54, 1.807) is 6.20 Å². The molecule has 2 aromatic rings. The van der Waals surface area contributed by atoms with E-state index in [1.807, 2.05) is 31.9 Å². The number of hydrogen-bond acceptors (Lipinski definition) is 4. The first-order valence-corrected chi connectivity index (χ1v) is 4.79. The molecule has 2 aromatic heterocycles. The summed E-state index contributed by atoms with van der Waals surface area (Å²) in [7, 11) is 1.97. The minimum Gasteiger partial charge on any atom is -0.444 e. The van der Waals surface area contributed by atoms with Gasteiger partial charge in [0, 0.05) is 25.7 Å². The lowest BCUT2D eigenvalue weighted by Crippen LogP contribution is -2.16. The largest absolute Gasteiger partial charge is 0.444 e. The lowest BCUT2D eigenvalue weighted by molar-refractivity contribution is 0.473. The lowest BCUT2D eigenvalue weighted by Gasteiger charge is -2.13. The van der Waals surface area contributed by atoms with E-state index >= 15 is 0 Å². The van der Waals surface area contributed by atoms with Crippen LogP contribution in [0.25, 0.3) is 0 Å². The molecule has 0 atom stereocenters. The summed E-state index contributed by atoms with van der Waals surface area (Å²) in [5, 5.41) is 7.06. The van der Waals surface area contributed by atoms with Gasteiger partial charge in [-0.3, -0.25) is 5.10 Å². The second kappa shape index (κ2) is 3.76. The van der Waals surface area contributed by atoms with Gasteiger partial charge in [-0.25, -0.2) is 4.98 Å². The van der Waals surface area contributed by atoms with E-state index in [1.165, 1.54) is 0 Å². The zero-order valence-corrected chi connectivity index (χ0v) is 9.11. The zero-order chi connectivity index (χ0) is 10.8. The maximum atomic E-state index is 5.39. The summed E-state index contributed by atoms with van der Waals surface area (Å²) in [5.41, 5.74) is 1.05. The van der Waals surface area contributed by atoms with Gasteiger partial charge in [0.2, 0.25) is 0 Å². The molecule has 0 bridgehead atoms. The molecule has 0 aliphatic carbocycles. The normalized spacial score (nSPS) is 10.6. The Kier molecular flexibility index (Phi) is 2.45. The van der Waals surface area contributed by atoms with Crippen molar-refractivity contribution < 1.29 is 4.42 Å². The van der Waals surface area contributed by atoms with Crippen LogP contribution in [0.5, 0.6) is 0 Å². The predicted octanol–water partition coefficient (Wildman–Crippen LogP) is 1.65. The number of hydrogen-bond donors (Lipinski definition) is 1. The molecule has 0 fully saturated rings. The monoisotopic (exact) mass is 206 g/mol. The van der Waals surface area contributed by atoms with Crippen molar-refractivity contribution >= 4 is 5.82 Å². The van der Waals surface area contributed by atoms with Crippen molar-refractivity contribution in [3.63, 3.8) is 0 Å². The summed E-state index contributed by atoms with van der Waals surface area (Å²) in [4.78, 5) is 6.05. The number of aromatic nitrogens is 3. The van der Waals surface area contributed by atoms with Gasteiger partial charge in [0.25, 0.3) is 0 Å². The number of nitrogens with zero attached hydrogens (tertiary/aromatic N) is 3. The van der Waals surface area contributed by atoms with Crippen molar-refractivity contribution in [2.45, 2.75) is 20.4 Å². The molecule has 0 amide bonds. The van der Waals surface area contributed by atoms with Gasteiger partial charge in [-0.2, -0.15) is 5.10 Å². The average molecular weight is 206 g/mol. The molecule has 80 valence electrons. The van der Waals surface area contributed by atoms with Crippen LogP contribution in [0.3, 0.4) is 0 Å². The Morgan fingerprint density at radius 1 is 1.47 bits per heavy atom. The molecule has 0 saturated carbocycles. The molecule has 2 heterocycles. The molecular weight excluding hydrogens is 192 g/mol. The smallest absolute Gasteiger partial charge is 0.191 e. The van der Waals surface area contributed by atoms with Gasteiger partial charge < -0.3 is 9.32 Å². The van der Waals surface area contributed by atoms with Crippen LogP contribution < -0.4 is 4.90 Å². The van der Waals surface area contributed by atoms with Crippen LogP contribution in [-0.4, -0.2) is 22.2 Å². The second-order valence-corrected chi connectivity index (χ2v) is 3.61. The molecular formula is C10H14N4O. The lowest BCUT2D eigenvalue weighted by atomic mass is 10.4. The number of aromatic amines is 1. The van der Waals surface area contributed by atoms with Gasteiger partial charge in [-0.1, -0.05) is 0 Å². The predicted molar refractivity (Wildman–Crippen MR) is 56.7 cm³/mol. The molecule has 0 aliphatic rings. The van der Waals surface area contributed by atoms with Crippen molar-refractivity contribution in [3.8, 4) is 0 Å². The van der Waals surface area contributed by atoms with E-state index in [4.69, 9.17) is 4.42 Å². The number of aryl methyl sites for hydroxylation is 2. The Bertz CT molecular complexity index is 446. The molecule has 5 nitrogen and oxygen atoms in total. The minimum absolute atomic E-state index is 0.672. The van der Waals surface area contributed by atoms with Crippen molar-refractivity contribution in [2.75, 3.05) is 11.9 Å². The standard InChI is InChI=1S/C10H14N4O/c1-7-4-10(13-12-7)14(3)6-9-5-11-8(2)15-9/h4-5H,6H2,1-3H3,(H,12,13). The van der Waals surface area contributed by atoms with E-state index in [9.17, 15) is 0 Å². The highest BCUT2D eigenvalue weighted by atomic mass is 16.4. The van der Waals surface area contributed by atoms with Gasteiger partial charge in [0.15, 0.2) is 11.7 Å². The third-order valence-electron chi connectivity index (χ3n) is 2.15. The van der Waals surface area contributed by atoms with Crippen LogP contribution in [0.4, 0.5) is 5.82 Å². The molecule has 0 aliphatic heterocycles. The highest BCUT2D eigenvalue weighted by Gasteiger charge is 2.08. The fourth-order valence-corrected chi connectivity index (χ4v) is 1.39. The molecule has 2 rings (SSSR count). The summed E-state index contributed by atoms with van der Waals surface area (Å²) < 4.78 is 5.39. The first-order chi connectivity index (χ1) is 7.15. The molecule has 5 heteroatoms. The van der Waals surface area contributed by atoms with Crippen LogP contribution in [0.2, 0.25) is 0 Å². The molecule has 0 spiro atoms. The Balaban J connectivity index is 2.06. The molecule has 1 N–H and O–H groups in total. The van der Waals surface area contributed by atoms with Gasteiger partial charge in [-0.15, -0.1) is 0 Å². The van der Waals surface area contributed by atoms with Crippen LogP contribution in [-0.2, 0) is 6.54 Å². The number of anilines is 1. The van der Waals surface area contributed by atoms with Gasteiger partial charge in [0.05, 0.1) is 12.7 Å².